The van der Waals surface area contributed by atoms with Crippen LogP contribution in [0.1, 0.15) is 32.8 Å². The van der Waals surface area contributed by atoms with Crippen molar-refractivity contribution in [2.24, 2.45) is 5.92 Å². The normalized spacial score (nSPS) is 12.4. The summed E-state index contributed by atoms with van der Waals surface area (Å²) in [6.07, 6.45) is 1.78. The van der Waals surface area contributed by atoms with Gasteiger partial charge in [-0.15, -0.1) is 0 Å². The van der Waals surface area contributed by atoms with Crippen molar-refractivity contribution in [2.45, 2.75) is 39.7 Å². The molecule has 1 atom stereocenters. The molecular weight excluding hydrogens is 255 g/mol. The zero-order chi connectivity index (χ0) is 15.0. The van der Waals surface area contributed by atoms with E-state index >= 15 is 0 Å². The van der Waals surface area contributed by atoms with Crippen LogP contribution < -0.4 is 10.6 Å². The summed E-state index contributed by atoms with van der Waals surface area (Å²) in [5.41, 5.74) is 1.06. The quantitative estimate of drug-likeness (QED) is 0.768. The van der Waals surface area contributed by atoms with Crippen molar-refractivity contribution in [3.63, 3.8) is 0 Å². The molecule has 112 valence electrons. The van der Waals surface area contributed by atoms with E-state index in [4.69, 9.17) is 0 Å². The Morgan fingerprint density at radius 2 is 1.80 bits per heavy atom. The van der Waals surface area contributed by atoms with E-state index in [1.165, 1.54) is 12.1 Å². The van der Waals surface area contributed by atoms with Crippen molar-refractivity contribution in [1.82, 2.24) is 10.6 Å². The van der Waals surface area contributed by atoms with Crippen LogP contribution in [-0.4, -0.2) is 25.0 Å². The molecule has 0 bridgehead atoms. The van der Waals surface area contributed by atoms with E-state index < -0.39 is 0 Å². The molecular formula is C16H25FN2O. The number of carbonyl (C=O) groups excluding carboxylic acids is 1. The average molecular weight is 280 g/mol. The first-order chi connectivity index (χ1) is 9.49. The highest BCUT2D eigenvalue weighted by atomic mass is 19.1. The number of amides is 1. The lowest BCUT2D eigenvalue weighted by atomic mass is 10.1. The summed E-state index contributed by atoms with van der Waals surface area (Å²) in [4.78, 5) is 11.8. The topological polar surface area (TPSA) is 41.1 Å². The highest BCUT2D eigenvalue weighted by Crippen LogP contribution is 2.03. The molecule has 0 heterocycles. The summed E-state index contributed by atoms with van der Waals surface area (Å²) in [5, 5.41) is 6.10. The lowest BCUT2D eigenvalue weighted by Gasteiger charge is -2.14. The molecule has 0 aliphatic carbocycles. The first-order valence-electron chi connectivity index (χ1n) is 7.24. The molecule has 0 aliphatic rings. The van der Waals surface area contributed by atoms with E-state index in [2.05, 4.69) is 24.5 Å². The molecule has 1 unspecified atom stereocenters. The second-order valence-electron chi connectivity index (χ2n) is 5.53. The van der Waals surface area contributed by atoms with Crippen LogP contribution >= 0.6 is 0 Å². The van der Waals surface area contributed by atoms with Crippen molar-refractivity contribution in [2.75, 3.05) is 13.1 Å². The van der Waals surface area contributed by atoms with Gasteiger partial charge in [0.25, 0.3) is 0 Å². The van der Waals surface area contributed by atoms with Gasteiger partial charge >= 0.3 is 0 Å². The van der Waals surface area contributed by atoms with Crippen LogP contribution in [0.4, 0.5) is 4.39 Å². The molecule has 0 aliphatic heterocycles. The lowest BCUT2D eigenvalue weighted by molar-refractivity contribution is -0.122. The van der Waals surface area contributed by atoms with Gasteiger partial charge < -0.3 is 10.6 Å². The highest BCUT2D eigenvalue weighted by Gasteiger charge is 2.11. The monoisotopic (exact) mass is 280 g/mol. The van der Waals surface area contributed by atoms with E-state index in [-0.39, 0.29) is 17.8 Å². The van der Waals surface area contributed by atoms with Crippen molar-refractivity contribution in [3.05, 3.63) is 35.6 Å². The fourth-order valence-electron chi connectivity index (χ4n) is 1.81. The number of halogens is 1. The van der Waals surface area contributed by atoms with Crippen LogP contribution in [0.5, 0.6) is 0 Å². The van der Waals surface area contributed by atoms with Crippen molar-refractivity contribution < 1.29 is 9.18 Å². The molecule has 0 radical (unpaired) electrons. The summed E-state index contributed by atoms with van der Waals surface area (Å²) < 4.78 is 12.7. The molecule has 0 fully saturated rings. The predicted octanol–water partition coefficient (Wildman–Crippen LogP) is 2.51. The van der Waals surface area contributed by atoms with Crippen LogP contribution in [-0.2, 0) is 11.2 Å². The van der Waals surface area contributed by atoms with Crippen LogP contribution in [0.25, 0.3) is 0 Å². The fraction of sp³-hybridized carbons (Fsp3) is 0.562. The van der Waals surface area contributed by atoms with Crippen LogP contribution in [0, 0.1) is 11.7 Å². The van der Waals surface area contributed by atoms with Crippen molar-refractivity contribution >= 4 is 5.91 Å². The number of carbonyl (C=O) groups is 1. The Balaban J connectivity index is 2.20. The number of nitrogens with one attached hydrogen (secondary N) is 2. The maximum Gasteiger partial charge on any atom is 0.236 e. The summed E-state index contributed by atoms with van der Waals surface area (Å²) in [6, 6.07) is 6.24. The first-order valence-corrected chi connectivity index (χ1v) is 7.24. The van der Waals surface area contributed by atoms with Crippen molar-refractivity contribution in [3.8, 4) is 0 Å². The van der Waals surface area contributed by atoms with Gasteiger partial charge in [0.2, 0.25) is 5.91 Å². The third kappa shape index (κ3) is 6.66. The molecule has 1 amide bonds. The number of rotatable bonds is 8. The van der Waals surface area contributed by atoms with Crippen molar-refractivity contribution in [1.29, 1.82) is 0 Å². The molecule has 20 heavy (non-hydrogen) atoms. The molecule has 3 nitrogen and oxygen atoms in total. The van der Waals surface area contributed by atoms with Crippen LogP contribution in [0.15, 0.2) is 24.3 Å². The SMILES string of the molecule is CC(C)CCNC(=O)C(C)NCCc1ccc(F)cc1. The Hall–Kier alpha value is -1.42. The second-order valence-corrected chi connectivity index (χ2v) is 5.53. The summed E-state index contributed by atoms with van der Waals surface area (Å²) in [7, 11) is 0. The predicted molar refractivity (Wildman–Crippen MR) is 80.0 cm³/mol. The summed E-state index contributed by atoms with van der Waals surface area (Å²) in [6.45, 7) is 7.55. The molecule has 0 saturated heterocycles. The Labute approximate surface area is 121 Å². The molecule has 1 aromatic carbocycles. The van der Waals surface area contributed by atoms with Gasteiger partial charge in [0.05, 0.1) is 6.04 Å². The fourth-order valence-corrected chi connectivity index (χ4v) is 1.81. The van der Waals surface area contributed by atoms with Gasteiger partial charge in [-0.2, -0.15) is 0 Å². The zero-order valence-electron chi connectivity index (χ0n) is 12.6. The van der Waals surface area contributed by atoms with Gasteiger partial charge in [-0.05, 0) is 49.9 Å². The van der Waals surface area contributed by atoms with E-state index in [1.807, 2.05) is 6.92 Å². The Morgan fingerprint density at radius 3 is 2.40 bits per heavy atom. The maximum absolute atomic E-state index is 12.7. The molecule has 1 rings (SSSR count). The summed E-state index contributed by atoms with van der Waals surface area (Å²) in [5.74, 6) is 0.404. The molecule has 2 N–H and O–H groups in total. The minimum Gasteiger partial charge on any atom is -0.355 e. The third-order valence-corrected chi connectivity index (χ3v) is 3.19. The molecule has 4 heteroatoms. The number of hydrogen-bond acceptors (Lipinski definition) is 2. The minimum absolute atomic E-state index is 0.0322. The van der Waals surface area contributed by atoms with E-state index in [9.17, 15) is 9.18 Å². The van der Waals surface area contributed by atoms with Crippen LogP contribution in [0.3, 0.4) is 0 Å². The lowest BCUT2D eigenvalue weighted by Crippen LogP contribution is -2.43. The Kier molecular flexibility index (Phi) is 7.23. The average Bonchev–Trinajstić information content (AvgIpc) is 2.40. The van der Waals surface area contributed by atoms with E-state index in [0.29, 0.717) is 12.5 Å². The standard InChI is InChI=1S/C16H25FN2O/c1-12(2)8-10-19-16(20)13(3)18-11-9-14-4-6-15(17)7-5-14/h4-7,12-13,18H,8-11H2,1-3H3,(H,19,20). The van der Waals surface area contributed by atoms with Crippen LogP contribution in [0.2, 0.25) is 0 Å². The van der Waals surface area contributed by atoms with E-state index in [1.54, 1.807) is 12.1 Å². The van der Waals surface area contributed by atoms with Gasteiger partial charge in [-0.3, -0.25) is 4.79 Å². The number of benzene rings is 1. The van der Waals surface area contributed by atoms with Gasteiger partial charge in [0.15, 0.2) is 0 Å². The second kappa shape index (κ2) is 8.69. The molecule has 0 saturated carbocycles. The third-order valence-electron chi connectivity index (χ3n) is 3.19. The first kappa shape index (κ1) is 16.6. The summed E-state index contributed by atoms with van der Waals surface area (Å²) >= 11 is 0. The molecule has 0 spiro atoms. The van der Waals surface area contributed by atoms with Gasteiger partial charge in [-0.1, -0.05) is 26.0 Å². The van der Waals surface area contributed by atoms with Gasteiger partial charge in [0, 0.05) is 6.54 Å². The number of hydrogen-bond donors (Lipinski definition) is 2. The largest absolute Gasteiger partial charge is 0.355 e. The van der Waals surface area contributed by atoms with Gasteiger partial charge in [0.1, 0.15) is 5.82 Å². The zero-order valence-corrected chi connectivity index (χ0v) is 12.6. The maximum atomic E-state index is 12.7. The van der Waals surface area contributed by atoms with E-state index in [0.717, 1.165) is 24.9 Å². The highest BCUT2D eigenvalue weighted by molar-refractivity contribution is 5.81. The Bertz CT molecular complexity index is 403. The molecule has 0 aromatic heterocycles. The Morgan fingerprint density at radius 1 is 1.15 bits per heavy atom. The van der Waals surface area contributed by atoms with Gasteiger partial charge in [-0.25, -0.2) is 4.39 Å². The molecule has 1 aromatic rings. The minimum atomic E-state index is -0.223. The smallest absolute Gasteiger partial charge is 0.236 e.